The molecular formula is C19H14FIN3+. The molecule has 0 fully saturated rings. The lowest BCUT2D eigenvalue weighted by Gasteiger charge is -1.98. The van der Waals surface area contributed by atoms with Crippen LogP contribution in [0.15, 0.2) is 67.0 Å². The summed E-state index contributed by atoms with van der Waals surface area (Å²) in [6, 6.07) is 17.0. The van der Waals surface area contributed by atoms with Crippen LogP contribution in [0.2, 0.25) is 0 Å². The molecule has 0 atom stereocenters. The van der Waals surface area contributed by atoms with Crippen molar-refractivity contribution in [2.45, 2.75) is 6.54 Å². The van der Waals surface area contributed by atoms with Gasteiger partial charge in [0.05, 0.1) is 5.56 Å². The highest BCUT2D eigenvalue weighted by atomic mass is 127. The molecule has 0 radical (unpaired) electrons. The summed E-state index contributed by atoms with van der Waals surface area (Å²) in [5.41, 5.74) is 3.43. The Morgan fingerprint density at radius 2 is 1.83 bits per heavy atom. The highest BCUT2D eigenvalue weighted by molar-refractivity contribution is 14.1. The van der Waals surface area contributed by atoms with Gasteiger partial charge in [0.25, 0.3) is 0 Å². The van der Waals surface area contributed by atoms with Crippen molar-refractivity contribution in [1.82, 2.24) is 9.97 Å². The minimum absolute atomic E-state index is 0.275. The molecule has 3 nitrogen and oxygen atoms in total. The number of aromatic amines is 1. The summed E-state index contributed by atoms with van der Waals surface area (Å²) in [5, 5.41) is 0. The van der Waals surface area contributed by atoms with E-state index in [1.807, 2.05) is 24.5 Å². The highest BCUT2D eigenvalue weighted by Gasteiger charge is 2.12. The van der Waals surface area contributed by atoms with Gasteiger partial charge in [-0.05, 0) is 46.9 Å². The van der Waals surface area contributed by atoms with Crippen LogP contribution < -0.4 is 4.57 Å². The SMILES string of the molecule is Fc1ccccc1-c1nc2cc[n+](Cc3ccc(I)cc3)cc2[nH]1. The molecule has 5 heteroatoms. The van der Waals surface area contributed by atoms with Gasteiger partial charge in [-0.1, -0.05) is 24.3 Å². The average molecular weight is 430 g/mol. The molecule has 4 aromatic rings. The fraction of sp³-hybridized carbons (Fsp3) is 0.0526. The summed E-state index contributed by atoms with van der Waals surface area (Å²) in [6.07, 6.45) is 4.00. The van der Waals surface area contributed by atoms with Crippen LogP contribution in [0.5, 0.6) is 0 Å². The standard InChI is InChI=1S/C19H13FIN3/c20-16-4-2-1-3-15(16)19-22-17-9-10-24(12-18(17)23-19)11-13-5-7-14(21)8-6-13/h1-10,12H,11H2/p+1. The predicted octanol–water partition coefficient (Wildman–Crippen LogP) is 4.31. The molecule has 4 rings (SSSR count). The lowest BCUT2D eigenvalue weighted by atomic mass is 10.2. The number of hydrogen-bond acceptors (Lipinski definition) is 1. The maximum absolute atomic E-state index is 13.9. The molecule has 2 aromatic heterocycles. The highest BCUT2D eigenvalue weighted by Crippen LogP contribution is 2.22. The van der Waals surface area contributed by atoms with Gasteiger partial charge in [-0.2, -0.15) is 4.57 Å². The molecule has 0 unspecified atom stereocenters. The first-order valence-electron chi connectivity index (χ1n) is 7.57. The lowest BCUT2D eigenvalue weighted by Crippen LogP contribution is -2.33. The fourth-order valence-electron chi connectivity index (χ4n) is 2.68. The molecule has 118 valence electrons. The quantitative estimate of drug-likeness (QED) is 0.382. The molecule has 0 saturated heterocycles. The number of H-pyrrole nitrogens is 1. The molecule has 0 aliphatic rings. The maximum Gasteiger partial charge on any atom is 0.195 e. The first-order chi connectivity index (χ1) is 11.7. The second-order valence-corrected chi connectivity index (χ2v) is 6.85. The Balaban J connectivity index is 1.68. The molecule has 0 spiro atoms. The fourth-order valence-corrected chi connectivity index (χ4v) is 3.04. The molecule has 24 heavy (non-hydrogen) atoms. The number of pyridine rings is 1. The largest absolute Gasteiger partial charge is 0.333 e. The first-order valence-corrected chi connectivity index (χ1v) is 8.65. The molecule has 0 saturated carbocycles. The van der Waals surface area contributed by atoms with Gasteiger partial charge in [0.1, 0.15) is 22.7 Å². The number of nitrogens with one attached hydrogen (secondary N) is 1. The Labute approximate surface area is 152 Å². The first kappa shape index (κ1) is 15.3. The molecule has 2 aromatic carbocycles. The number of hydrogen-bond donors (Lipinski definition) is 1. The van der Waals surface area contributed by atoms with Crippen LogP contribution in [0.25, 0.3) is 22.4 Å². The minimum atomic E-state index is -0.275. The van der Waals surface area contributed by atoms with Crippen molar-refractivity contribution in [1.29, 1.82) is 0 Å². The molecule has 0 bridgehead atoms. The van der Waals surface area contributed by atoms with Crippen LogP contribution in [0.4, 0.5) is 4.39 Å². The zero-order valence-corrected chi connectivity index (χ0v) is 14.9. The van der Waals surface area contributed by atoms with Gasteiger partial charge in [0.15, 0.2) is 18.9 Å². The number of aromatic nitrogens is 3. The van der Waals surface area contributed by atoms with E-state index in [0.717, 1.165) is 17.6 Å². The van der Waals surface area contributed by atoms with Crippen molar-refractivity contribution < 1.29 is 8.96 Å². The van der Waals surface area contributed by atoms with Gasteiger partial charge in [0.2, 0.25) is 0 Å². The number of nitrogens with zero attached hydrogens (tertiary/aromatic N) is 2. The third-order valence-electron chi connectivity index (χ3n) is 3.89. The summed E-state index contributed by atoms with van der Waals surface area (Å²) in [4.78, 5) is 7.71. The Morgan fingerprint density at radius 3 is 2.62 bits per heavy atom. The van der Waals surface area contributed by atoms with Crippen LogP contribution in [0.1, 0.15) is 5.56 Å². The summed E-state index contributed by atoms with van der Waals surface area (Å²) in [5.74, 6) is 0.276. The second-order valence-electron chi connectivity index (χ2n) is 5.61. The van der Waals surface area contributed by atoms with E-state index >= 15 is 0 Å². The molecule has 2 heterocycles. The monoisotopic (exact) mass is 430 g/mol. The van der Waals surface area contributed by atoms with E-state index in [0.29, 0.717) is 11.4 Å². The van der Waals surface area contributed by atoms with Gasteiger partial charge in [-0.3, -0.25) is 0 Å². The van der Waals surface area contributed by atoms with E-state index in [4.69, 9.17) is 0 Å². The molecule has 0 aliphatic carbocycles. The smallest absolute Gasteiger partial charge is 0.195 e. The van der Waals surface area contributed by atoms with Crippen LogP contribution in [-0.4, -0.2) is 9.97 Å². The number of halogens is 2. The topological polar surface area (TPSA) is 32.6 Å². The summed E-state index contributed by atoms with van der Waals surface area (Å²) in [6.45, 7) is 0.779. The number of rotatable bonds is 3. The Morgan fingerprint density at radius 1 is 1.04 bits per heavy atom. The predicted molar refractivity (Wildman–Crippen MR) is 99.9 cm³/mol. The van der Waals surface area contributed by atoms with Crippen LogP contribution in [0, 0.1) is 9.39 Å². The van der Waals surface area contributed by atoms with E-state index in [2.05, 4.69) is 61.4 Å². The molecule has 1 N–H and O–H groups in total. The minimum Gasteiger partial charge on any atom is -0.333 e. The molecule has 0 amide bonds. The van der Waals surface area contributed by atoms with Crippen LogP contribution in [-0.2, 0) is 6.54 Å². The second kappa shape index (κ2) is 6.32. The van der Waals surface area contributed by atoms with E-state index in [1.54, 1.807) is 12.1 Å². The average Bonchev–Trinajstić information content (AvgIpc) is 3.00. The summed E-state index contributed by atoms with van der Waals surface area (Å²) < 4.78 is 17.3. The normalized spacial score (nSPS) is 11.1. The van der Waals surface area contributed by atoms with Gasteiger partial charge >= 0.3 is 0 Å². The Kier molecular flexibility index (Phi) is 4.02. The van der Waals surface area contributed by atoms with Crippen LogP contribution >= 0.6 is 22.6 Å². The Hall–Kier alpha value is -2.28. The van der Waals surface area contributed by atoms with Crippen molar-refractivity contribution in [2.75, 3.05) is 0 Å². The Bertz CT molecular complexity index is 1010. The van der Waals surface area contributed by atoms with Crippen molar-refractivity contribution >= 4 is 33.6 Å². The number of fused-ring (bicyclic) bond motifs is 1. The zero-order valence-electron chi connectivity index (χ0n) is 12.7. The summed E-state index contributed by atoms with van der Waals surface area (Å²) in [7, 11) is 0. The van der Waals surface area contributed by atoms with Gasteiger partial charge < -0.3 is 4.98 Å². The number of benzene rings is 2. The molecule has 0 aliphatic heterocycles. The van der Waals surface area contributed by atoms with Crippen molar-refractivity contribution in [3.63, 3.8) is 0 Å². The van der Waals surface area contributed by atoms with E-state index in [-0.39, 0.29) is 5.82 Å². The van der Waals surface area contributed by atoms with Crippen LogP contribution in [0.3, 0.4) is 0 Å². The van der Waals surface area contributed by atoms with Crippen molar-refractivity contribution in [3.8, 4) is 11.4 Å². The van der Waals surface area contributed by atoms with Gasteiger partial charge in [-0.25, -0.2) is 9.37 Å². The van der Waals surface area contributed by atoms with E-state index < -0.39 is 0 Å². The molecular weight excluding hydrogens is 416 g/mol. The third kappa shape index (κ3) is 3.03. The van der Waals surface area contributed by atoms with Crippen molar-refractivity contribution in [3.05, 3.63) is 81.9 Å². The maximum atomic E-state index is 13.9. The lowest BCUT2D eigenvalue weighted by molar-refractivity contribution is -0.687. The van der Waals surface area contributed by atoms with Gasteiger partial charge in [-0.15, -0.1) is 0 Å². The van der Waals surface area contributed by atoms with E-state index in [1.165, 1.54) is 15.2 Å². The summed E-state index contributed by atoms with van der Waals surface area (Å²) >= 11 is 2.30. The number of imidazole rings is 1. The third-order valence-corrected chi connectivity index (χ3v) is 4.61. The van der Waals surface area contributed by atoms with Gasteiger partial charge in [0, 0.05) is 15.2 Å². The van der Waals surface area contributed by atoms with E-state index in [9.17, 15) is 4.39 Å². The van der Waals surface area contributed by atoms with Crippen molar-refractivity contribution in [2.24, 2.45) is 0 Å². The zero-order chi connectivity index (χ0) is 16.5.